The Morgan fingerprint density at radius 1 is 1.32 bits per heavy atom. The van der Waals surface area contributed by atoms with E-state index in [1.54, 1.807) is 0 Å². The summed E-state index contributed by atoms with van der Waals surface area (Å²) in [5, 5.41) is 3.84. The molecule has 0 aliphatic rings. The van der Waals surface area contributed by atoms with Crippen molar-refractivity contribution >= 4 is 17.4 Å². The van der Waals surface area contributed by atoms with E-state index < -0.39 is 11.7 Å². The first-order valence-corrected chi connectivity index (χ1v) is 7.33. The zero-order valence-electron chi connectivity index (χ0n) is 12.0. The molecule has 1 aromatic heterocycles. The van der Waals surface area contributed by atoms with E-state index in [2.05, 4.69) is 9.59 Å². The van der Waals surface area contributed by atoms with Gasteiger partial charge in [-0.3, -0.25) is 4.79 Å². The Labute approximate surface area is 129 Å². The third-order valence-electron chi connectivity index (χ3n) is 3.16. The molecule has 0 saturated heterocycles. The fraction of sp³-hybridized carbons (Fsp3) is 0.357. The molecule has 0 atom stereocenters. The molecular formula is C14H14F3N3OS. The van der Waals surface area contributed by atoms with Gasteiger partial charge < -0.3 is 4.90 Å². The van der Waals surface area contributed by atoms with Crippen LogP contribution < -0.4 is 0 Å². The minimum absolute atomic E-state index is 0.0568. The standard InChI is InChI=1S/C14H14F3N3OS/c1-3-11-12(22-19-18-11)13(21)20(2)8-9-6-4-5-7-10(9)14(15,16)17/h4-7H,3,8H2,1-2H3. The molecule has 0 aliphatic heterocycles. The van der Waals surface area contributed by atoms with Gasteiger partial charge in [0.05, 0.1) is 11.3 Å². The van der Waals surface area contributed by atoms with Crippen LogP contribution in [0.5, 0.6) is 0 Å². The average molecular weight is 329 g/mol. The minimum atomic E-state index is -4.44. The molecular weight excluding hydrogens is 315 g/mol. The molecule has 1 amide bonds. The van der Waals surface area contributed by atoms with Crippen molar-refractivity contribution in [2.45, 2.75) is 26.1 Å². The zero-order valence-corrected chi connectivity index (χ0v) is 12.8. The van der Waals surface area contributed by atoms with E-state index in [0.717, 1.165) is 17.6 Å². The van der Waals surface area contributed by atoms with Gasteiger partial charge >= 0.3 is 6.18 Å². The topological polar surface area (TPSA) is 46.1 Å². The lowest BCUT2D eigenvalue weighted by Gasteiger charge is -2.19. The summed E-state index contributed by atoms with van der Waals surface area (Å²) in [6, 6.07) is 5.24. The molecule has 0 fully saturated rings. The van der Waals surface area contributed by atoms with Crippen LogP contribution in [0, 0.1) is 0 Å². The fourth-order valence-electron chi connectivity index (χ4n) is 2.04. The Bertz CT molecular complexity index is 669. The van der Waals surface area contributed by atoms with Crippen molar-refractivity contribution in [1.29, 1.82) is 0 Å². The first-order chi connectivity index (χ1) is 10.3. The van der Waals surface area contributed by atoms with Crippen LogP contribution in [0.1, 0.15) is 33.4 Å². The van der Waals surface area contributed by atoms with Crippen LogP contribution in [-0.2, 0) is 19.1 Å². The molecule has 0 radical (unpaired) electrons. The van der Waals surface area contributed by atoms with Crippen molar-refractivity contribution in [1.82, 2.24) is 14.5 Å². The van der Waals surface area contributed by atoms with Gasteiger partial charge in [-0.2, -0.15) is 13.2 Å². The lowest BCUT2D eigenvalue weighted by molar-refractivity contribution is -0.138. The maximum absolute atomic E-state index is 13.0. The maximum Gasteiger partial charge on any atom is 0.416 e. The van der Waals surface area contributed by atoms with E-state index >= 15 is 0 Å². The average Bonchev–Trinajstić information content (AvgIpc) is 2.94. The second-order valence-electron chi connectivity index (χ2n) is 4.72. The quantitative estimate of drug-likeness (QED) is 0.864. The van der Waals surface area contributed by atoms with Gasteiger partial charge in [-0.1, -0.05) is 29.6 Å². The minimum Gasteiger partial charge on any atom is -0.337 e. The number of aromatic nitrogens is 2. The van der Waals surface area contributed by atoms with Crippen molar-refractivity contribution < 1.29 is 18.0 Å². The number of rotatable bonds is 4. The molecule has 22 heavy (non-hydrogen) atoms. The molecule has 2 aromatic rings. The number of carbonyl (C=O) groups is 1. The van der Waals surface area contributed by atoms with Crippen molar-refractivity contribution in [2.75, 3.05) is 7.05 Å². The van der Waals surface area contributed by atoms with E-state index in [0.29, 0.717) is 17.0 Å². The fourth-order valence-corrected chi connectivity index (χ4v) is 2.78. The normalized spacial score (nSPS) is 11.5. The number of nitrogens with zero attached hydrogens (tertiary/aromatic N) is 3. The van der Waals surface area contributed by atoms with E-state index in [9.17, 15) is 18.0 Å². The highest BCUT2D eigenvalue weighted by atomic mass is 32.1. The predicted octanol–water partition coefficient (Wildman–Crippen LogP) is 3.39. The summed E-state index contributed by atoms with van der Waals surface area (Å²) in [6.07, 6.45) is -3.90. The summed E-state index contributed by atoms with van der Waals surface area (Å²) < 4.78 is 42.6. The monoisotopic (exact) mass is 329 g/mol. The third kappa shape index (κ3) is 3.44. The van der Waals surface area contributed by atoms with Gasteiger partial charge in [0.25, 0.3) is 5.91 Å². The number of hydrogen-bond acceptors (Lipinski definition) is 4. The molecule has 1 aromatic carbocycles. The summed E-state index contributed by atoms with van der Waals surface area (Å²) >= 11 is 0.956. The molecule has 1 heterocycles. The van der Waals surface area contributed by atoms with Crippen LogP contribution in [0.25, 0.3) is 0 Å². The molecule has 0 aliphatic carbocycles. The summed E-state index contributed by atoms with van der Waals surface area (Å²) in [7, 11) is 1.47. The van der Waals surface area contributed by atoms with Crippen LogP contribution in [0.3, 0.4) is 0 Å². The molecule has 0 bridgehead atoms. The Balaban J connectivity index is 2.23. The van der Waals surface area contributed by atoms with Crippen LogP contribution >= 0.6 is 11.5 Å². The van der Waals surface area contributed by atoms with Gasteiger partial charge in [-0.05, 0) is 29.6 Å². The lowest BCUT2D eigenvalue weighted by Crippen LogP contribution is -2.27. The first kappa shape index (κ1) is 16.4. The molecule has 0 spiro atoms. The van der Waals surface area contributed by atoms with Crippen LogP contribution in [0.2, 0.25) is 0 Å². The highest BCUT2D eigenvalue weighted by molar-refractivity contribution is 7.07. The van der Waals surface area contributed by atoms with Crippen molar-refractivity contribution in [2.24, 2.45) is 0 Å². The molecule has 118 valence electrons. The Hall–Kier alpha value is -1.96. The lowest BCUT2D eigenvalue weighted by atomic mass is 10.1. The summed E-state index contributed by atoms with van der Waals surface area (Å²) in [5.41, 5.74) is -0.111. The predicted molar refractivity (Wildman–Crippen MR) is 76.5 cm³/mol. The van der Waals surface area contributed by atoms with Gasteiger partial charge in [-0.15, -0.1) is 5.10 Å². The highest BCUT2D eigenvalue weighted by Gasteiger charge is 2.33. The molecule has 0 saturated carbocycles. The number of hydrogen-bond donors (Lipinski definition) is 0. The molecule has 0 unspecified atom stereocenters. The van der Waals surface area contributed by atoms with E-state index in [1.165, 1.54) is 30.1 Å². The van der Waals surface area contributed by atoms with Gasteiger partial charge in [-0.25, -0.2) is 0 Å². The van der Waals surface area contributed by atoms with Crippen LogP contribution in [-0.4, -0.2) is 27.4 Å². The first-order valence-electron chi connectivity index (χ1n) is 6.56. The number of halogens is 3. The highest BCUT2D eigenvalue weighted by Crippen LogP contribution is 2.32. The molecule has 2 rings (SSSR count). The second-order valence-corrected chi connectivity index (χ2v) is 5.47. The van der Waals surface area contributed by atoms with Crippen molar-refractivity contribution in [3.63, 3.8) is 0 Å². The van der Waals surface area contributed by atoms with Gasteiger partial charge in [0.15, 0.2) is 0 Å². The number of carbonyl (C=O) groups excluding carboxylic acids is 1. The van der Waals surface area contributed by atoms with Crippen molar-refractivity contribution in [3.05, 3.63) is 46.0 Å². The number of aryl methyl sites for hydroxylation is 1. The number of benzene rings is 1. The van der Waals surface area contributed by atoms with E-state index in [1.807, 2.05) is 6.92 Å². The second kappa shape index (κ2) is 6.43. The summed E-state index contributed by atoms with van der Waals surface area (Å²) in [5.74, 6) is -0.371. The maximum atomic E-state index is 13.0. The Kier molecular flexibility index (Phi) is 4.80. The van der Waals surface area contributed by atoms with Crippen LogP contribution in [0.4, 0.5) is 13.2 Å². The van der Waals surface area contributed by atoms with Gasteiger partial charge in [0.2, 0.25) is 0 Å². The Morgan fingerprint density at radius 3 is 2.64 bits per heavy atom. The molecule has 8 heteroatoms. The SMILES string of the molecule is CCc1nnsc1C(=O)N(C)Cc1ccccc1C(F)(F)F. The van der Waals surface area contributed by atoms with Crippen LogP contribution in [0.15, 0.2) is 24.3 Å². The largest absolute Gasteiger partial charge is 0.416 e. The summed E-state index contributed by atoms with van der Waals surface area (Å²) in [4.78, 5) is 13.9. The number of alkyl halides is 3. The summed E-state index contributed by atoms with van der Waals surface area (Å²) in [6.45, 7) is 1.71. The molecule has 4 nitrogen and oxygen atoms in total. The zero-order chi connectivity index (χ0) is 16.3. The van der Waals surface area contributed by atoms with E-state index in [4.69, 9.17) is 0 Å². The molecule has 0 N–H and O–H groups in total. The van der Waals surface area contributed by atoms with Gasteiger partial charge in [0.1, 0.15) is 4.88 Å². The Morgan fingerprint density at radius 2 is 2.00 bits per heavy atom. The third-order valence-corrected chi connectivity index (χ3v) is 3.92. The number of amides is 1. The van der Waals surface area contributed by atoms with E-state index in [-0.39, 0.29) is 18.0 Å². The smallest absolute Gasteiger partial charge is 0.337 e. The van der Waals surface area contributed by atoms with Gasteiger partial charge in [0, 0.05) is 13.6 Å². The van der Waals surface area contributed by atoms with Crippen molar-refractivity contribution in [3.8, 4) is 0 Å².